The van der Waals surface area contributed by atoms with E-state index in [1.165, 1.54) is 5.70 Å². The Morgan fingerprint density at radius 3 is 2.32 bits per heavy atom. The Morgan fingerprint density at radius 2 is 1.77 bits per heavy atom. The van der Waals surface area contributed by atoms with Crippen LogP contribution in [0.25, 0.3) is 0 Å². The highest BCUT2D eigenvalue weighted by Crippen LogP contribution is 2.44. The van der Waals surface area contributed by atoms with Crippen LogP contribution in [0.1, 0.15) is 25.7 Å². The van der Waals surface area contributed by atoms with E-state index < -0.39 is 9.71 Å². The second-order valence-electron chi connectivity index (χ2n) is 6.08. The maximum Gasteiger partial charge on any atom is 0.214 e. The maximum atomic E-state index is 11.0. The minimum atomic E-state index is -1.64. The molecule has 0 amide bonds. The van der Waals surface area contributed by atoms with Gasteiger partial charge in [0.1, 0.15) is 0 Å². The summed E-state index contributed by atoms with van der Waals surface area (Å²) in [6.07, 6.45) is 3.81. The molecule has 1 unspecified atom stereocenters. The minimum Gasteiger partial charge on any atom is -0.372 e. The van der Waals surface area contributed by atoms with Crippen LogP contribution in [0.4, 0.5) is 0 Å². The number of alkyl halides is 3. The highest BCUT2D eigenvalue weighted by Gasteiger charge is 2.41. The van der Waals surface area contributed by atoms with Gasteiger partial charge in [-0.1, -0.05) is 34.8 Å². The van der Waals surface area contributed by atoms with E-state index in [0.29, 0.717) is 0 Å². The first kappa shape index (κ1) is 18.1. The largest absolute Gasteiger partial charge is 0.372 e. The Morgan fingerprint density at radius 1 is 1.18 bits per heavy atom. The lowest BCUT2D eigenvalue weighted by molar-refractivity contribution is -0.486. The fraction of sp³-hybridized carbons (Fsp3) is 0.857. The van der Waals surface area contributed by atoms with E-state index >= 15 is 0 Å². The number of piperazine rings is 1. The molecule has 0 aromatic heterocycles. The van der Waals surface area contributed by atoms with Crippen molar-refractivity contribution in [2.75, 3.05) is 39.8 Å². The molecule has 0 bridgehead atoms. The molecular weight excluding hydrogens is 349 g/mol. The molecule has 1 aliphatic carbocycles. The molecule has 8 heteroatoms. The molecule has 2 aliphatic rings. The number of nitrogens with zero attached hydrogens (tertiary/aromatic N) is 3. The van der Waals surface area contributed by atoms with E-state index in [2.05, 4.69) is 16.8 Å². The number of likely N-dealkylation sites (N-methyl/N-ethyl adjacent to an activating group) is 1. The molecule has 2 rings (SSSR count). The molecule has 1 heterocycles. The maximum absolute atomic E-state index is 11.0. The van der Waals surface area contributed by atoms with Gasteiger partial charge < -0.3 is 9.80 Å². The number of rotatable bonds is 4. The number of allylic oxidation sites excluding steroid dienone is 1. The molecule has 0 saturated carbocycles. The fourth-order valence-electron chi connectivity index (χ4n) is 3.29. The average molecular weight is 371 g/mol. The van der Waals surface area contributed by atoms with Crippen LogP contribution in [-0.2, 0) is 0 Å². The van der Waals surface area contributed by atoms with Gasteiger partial charge in [-0.15, -0.1) is 0 Å². The third kappa shape index (κ3) is 4.63. The molecule has 0 spiro atoms. The van der Waals surface area contributed by atoms with E-state index in [4.69, 9.17) is 34.8 Å². The lowest BCUT2D eigenvalue weighted by Crippen LogP contribution is -2.45. The monoisotopic (exact) mass is 369 g/mol. The summed E-state index contributed by atoms with van der Waals surface area (Å²) in [6, 6.07) is 0. The first-order valence-electron chi connectivity index (χ1n) is 7.63. The van der Waals surface area contributed by atoms with Gasteiger partial charge in [0.2, 0.25) is 10.3 Å². The molecule has 0 radical (unpaired) electrons. The van der Waals surface area contributed by atoms with Crippen molar-refractivity contribution in [1.82, 2.24) is 9.80 Å². The number of nitro groups is 1. The molecule has 1 fully saturated rings. The van der Waals surface area contributed by atoms with Crippen molar-refractivity contribution < 1.29 is 4.92 Å². The summed E-state index contributed by atoms with van der Waals surface area (Å²) in [5, 5.41) is 11.0. The topological polar surface area (TPSA) is 49.6 Å². The highest BCUT2D eigenvalue weighted by atomic mass is 35.6. The molecule has 126 valence electrons. The third-order valence-corrected chi connectivity index (χ3v) is 5.30. The number of hydrogen-bond acceptors (Lipinski definition) is 4. The molecule has 1 aliphatic heterocycles. The predicted octanol–water partition coefficient (Wildman–Crippen LogP) is 3.33. The van der Waals surface area contributed by atoms with Crippen LogP contribution in [-0.4, -0.2) is 58.3 Å². The zero-order chi connectivity index (χ0) is 16.3. The second kappa shape index (κ2) is 7.56. The van der Waals surface area contributed by atoms with Crippen molar-refractivity contribution in [3.05, 3.63) is 21.4 Å². The molecular formula is C14H22Cl3N3O2. The normalized spacial score (nSPS) is 22.8. The molecule has 22 heavy (non-hydrogen) atoms. The molecule has 0 aromatic rings. The Balaban J connectivity index is 2.29. The summed E-state index contributed by atoms with van der Waals surface area (Å²) in [7, 11) is 2.10. The first-order chi connectivity index (χ1) is 10.3. The van der Waals surface area contributed by atoms with Crippen molar-refractivity contribution in [2.45, 2.75) is 29.5 Å². The zero-order valence-corrected chi connectivity index (χ0v) is 15.0. The lowest BCUT2D eigenvalue weighted by Gasteiger charge is -2.40. The van der Waals surface area contributed by atoms with Crippen molar-refractivity contribution in [1.29, 1.82) is 0 Å². The van der Waals surface area contributed by atoms with Crippen LogP contribution in [0.5, 0.6) is 0 Å². The van der Waals surface area contributed by atoms with Crippen LogP contribution in [0.2, 0.25) is 0 Å². The van der Waals surface area contributed by atoms with Gasteiger partial charge in [-0.2, -0.15) is 0 Å². The number of halogens is 3. The second-order valence-corrected chi connectivity index (χ2v) is 8.45. The smallest absolute Gasteiger partial charge is 0.214 e. The zero-order valence-electron chi connectivity index (χ0n) is 12.7. The summed E-state index contributed by atoms with van der Waals surface area (Å²) in [5.74, 6) is -0.651. The molecule has 1 atom stereocenters. The highest BCUT2D eigenvalue weighted by molar-refractivity contribution is 6.67. The lowest BCUT2D eigenvalue weighted by atomic mass is 9.86. The Bertz CT molecular complexity index is 443. The van der Waals surface area contributed by atoms with E-state index in [9.17, 15) is 10.1 Å². The van der Waals surface area contributed by atoms with Crippen LogP contribution in [0, 0.1) is 16.0 Å². The predicted molar refractivity (Wildman–Crippen MR) is 90.2 cm³/mol. The van der Waals surface area contributed by atoms with E-state index in [0.717, 1.165) is 57.4 Å². The molecule has 1 saturated heterocycles. The molecule has 0 aromatic carbocycles. The van der Waals surface area contributed by atoms with Crippen LogP contribution < -0.4 is 0 Å². The van der Waals surface area contributed by atoms with E-state index in [1.807, 2.05) is 0 Å². The quantitative estimate of drug-likeness (QED) is 0.433. The summed E-state index contributed by atoms with van der Waals surface area (Å²) < 4.78 is -1.64. The Hall–Kier alpha value is -0.230. The summed E-state index contributed by atoms with van der Waals surface area (Å²) in [6.45, 7) is 3.51. The van der Waals surface area contributed by atoms with Crippen molar-refractivity contribution in [3.63, 3.8) is 0 Å². The summed E-state index contributed by atoms with van der Waals surface area (Å²) in [4.78, 5) is 15.2. The average Bonchev–Trinajstić information content (AvgIpc) is 2.44. The van der Waals surface area contributed by atoms with Gasteiger partial charge in [0.15, 0.2) is 0 Å². The van der Waals surface area contributed by atoms with Crippen LogP contribution in [0.15, 0.2) is 11.3 Å². The number of hydrogen-bond donors (Lipinski definition) is 0. The van der Waals surface area contributed by atoms with Gasteiger partial charge >= 0.3 is 0 Å². The van der Waals surface area contributed by atoms with E-state index in [1.54, 1.807) is 0 Å². The molecule has 5 nitrogen and oxygen atoms in total. The van der Waals surface area contributed by atoms with E-state index in [-0.39, 0.29) is 11.5 Å². The van der Waals surface area contributed by atoms with Crippen molar-refractivity contribution in [2.24, 2.45) is 5.92 Å². The van der Waals surface area contributed by atoms with Crippen LogP contribution in [0.3, 0.4) is 0 Å². The van der Waals surface area contributed by atoms with Crippen LogP contribution >= 0.6 is 34.8 Å². The van der Waals surface area contributed by atoms with Gasteiger partial charge in [-0.25, -0.2) is 0 Å². The minimum absolute atomic E-state index is 0.330. The van der Waals surface area contributed by atoms with Gasteiger partial charge in [0, 0.05) is 36.8 Å². The summed E-state index contributed by atoms with van der Waals surface area (Å²) in [5.41, 5.74) is 2.16. The fourth-order valence-corrected chi connectivity index (χ4v) is 3.89. The SMILES string of the molecule is CN1CCN(C2=C(C(C[N+](=O)[O-])C(Cl)(Cl)Cl)CCCC2)CC1. The van der Waals surface area contributed by atoms with Gasteiger partial charge in [-0.3, -0.25) is 10.1 Å². The first-order valence-corrected chi connectivity index (χ1v) is 8.76. The standard InChI is InChI=1S/C14H22Cl3N3O2/c1-18-6-8-19(9-7-18)13-5-3-2-4-11(13)12(10-20(21)22)14(15,16)17/h12H,2-10H2,1H3. The van der Waals surface area contributed by atoms with Crippen molar-refractivity contribution >= 4 is 34.8 Å². The molecule has 0 N–H and O–H groups in total. The Labute approximate surface area is 146 Å². The van der Waals surface area contributed by atoms with Crippen molar-refractivity contribution in [3.8, 4) is 0 Å². The van der Waals surface area contributed by atoms with Gasteiger partial charge in [0.05, 0.1) is 5.92 Å². The third-order valence-electron chi connectivity index (χ3n) is 4.51. The van der Waals surface area contributed by atoms with Gasteiger partial charge in [0.25, 0.3) is 0 Å². The Kier molecular flexibility index (Phi) is 6.22. The van der Waals surface area contributed by atoms with Gasteiger partial charge in [-0.05, 0) is 38.3 Å². The summed E-state index contributed by atoms with van der Waals surface area (Å²) >= 11 is 18.2.